The summed E-state index contributed by atoms with van der Waals surface area (Å²) in [4.78, 5) is 2.58. The molecule has 0 aromatic heterocycles. The van der Waals surface area contributed by atoms with Gasteiger partial charge in [0.05, 0.1) is 0 Å². The lowest BCUT2D eigenvalue weighted by molar-refractivity contribution is 0.0929. The van der Waals surface area contributed by atoms with Gasteiger partial charge in [-0.25, -0.2) is 0 Å². The van der Waals surface area contributed by atoms with Crippen molar-refractivity contribution in [2.75, 3.05) is 27.2 Å². The topological polar surface area (TPSA) is 15.3 Å². The Kier molecular flexibility index (Phi) is 6.50. The molecule has 1 N–H and O–H groups in total. The van der Waals surface area contributed by atoms with E-state index in [0.29, 0.717) is 5.41 Å². The molecule has 1 saturated carbocycles. The van der Waals surface area contributed by atoms with E-state index < -0.39 is 0 Å². The fourth-order valence-corrected chi connectivity index (χ4v) is 3.36. The van der Waals surface area contributed by atoms with Crippen molar-refractivity contribution in [1.29, 1.82) is 0 Å². The first kappa shape index (κ1) is 15.0. The third-order valence-corrected chi connectivity index (χ3v) is 4.87. The maximum atomic E-state index is 3.32. The minimum atomic E-state index is 0.645. The lowest BCUT2D eigenvalue weighted by Gasteiger charge is -2.42. The SMILES string of the molecule is CCCN(C)C1CCC(CC)(CCNC)CC1. The molecule has 17 heavy (non-hydrogen) atoms. The fraction of sp³-hybridized carbons (Fsp3) is 1.00. The van der Waals surface area contributed by atoms with Gasteiger partial charge < -0.3 is 10.2 Å². The largest absolute Gasteiger partial charge is 0.320 e. The van der Waals surface area contributed by atoms with Crippen LogP contribution in [0.3, 0.4) is 0 Å². The molecular weight excluding hydrogens is 208 g/mol. The lowest BCUT2D eigenvalue weighted by atomic mass is 9.68. The van der Waals surface area contributed by atoms with Crippen molar-refractivity contribution in [3.8, 4) is 0 Å². The molecular formula is C15H32N2. The van der Waals surface area contributed by atoms with Crippen LogP contribution in [0.1, 0.15) is 58.8 Å². The molecule has 0 aromatic rings. The van der Waals surface area contributed by atoms with Crippen LogP contribution in [0.4, 0.5) is 0 Å². The van der Waals surface area contributed by atoms with Crippen LogP contribution in [0, 0.1) is 5.41 Å². The van der Waals surface area contributed by atoms with Crippen molar-refractivity contribution in [2.24, 2.45) is 5.41 Å². The van der Waals surface area contributed by atoms with Crippen LogP contribution in [-0.4, -0.2) is 38.1 Å². The molecule has 0 atom stereocenters. The second-order valence-electron chi connectivity index (χ2n) is 5.92. The van der Waals surface area contributed by atoms with Gasteiger partial charge in [-0.2, -0.15) is 0 Å². The van der Waals surface area contributed by atoms with Gasteiger partial charge in [0.25, 0.3) is 0 Å². The Bertz CT molecular complexity index is 195. The normalized spacial score (nSPS) is 29.8. The molecule has 0 amide bonds. The van der Waals surface area contributed by atoms with E-state index in [2.05, 4.69) is 38.2 Å². The predicted molar refractivity (Wildman–Crippen MR) is 76.4 cm³/mol. The fourth-order valence-electron chi connectivity index (χ4n) is 3.36. The van der Waals surface area contributed by atoms with Crippen LogP contribution in [0.15, 0.2) is 0 Å². The molecule has 0 radical (unpaired) electrons. The average Bonchev–Trinajstić information content (AvgIpc) is 2.37. The summed E-state index contributed by atoms with van der Waals surface area (Å²) in [5, 5.41) is 3.32. The van der Waals surface area contributed by atoms with Crippen molar-refractivity contribution >= 4 is 0 Å². The Balaban J connectivity index is 2.41. The first-order valence-corrected chi connectivity index (χ1v) is 7.52. The van der Waals surface area contributed by atoms with Crippen molar-refractivity contribution < 1.29 is 0 Å². The van der Waals surface area contributed by atoms with Gasteiger partial charge in [-0.3, -0.25) is 0 Å². The van der Waals surface area contributed by atoms with Crippen molar-refractivity contribution in [1.82, 2.24) is 10.2 Å². The maximum Gasteiger partial charge on any atom is 0.00926 e. The number of rotatable bonds is 7. The summed E-state index contributed by atoms with van der Waals surface area (Å²) in [6.07, 6.45) is 9.70. The highest BCUT2D eigenvalue weighted by molar-refractivity contribution is 4.88. The van der Waals surface area contributed by atoms with E-state index in [4.69, 9.17) is 0 Å². The van der Waals surface area contributed by atoms with Crippen LogP contribution < -0.4 is 5.32 Å². The Morgan fingerprint density at radius 3 is 2.35 bits per heavy atom. The Morgan fingerprint density at radius 1 is 1.24 bits per heavy atom. The third kappa shape index (κ3) is 4.26. The summed E-state index contributed by atoms with van der Waals surface area (Å²) in [6, 6.07) is 0.851. The third-order valence-electron chi connectivity index (χ3n) is 4.87. The second kappa shape index (κ2) is 7.38. The number of hydrogen-bond acceptors (Lipinski definition) is 2. The molecule has 1 aliphatic rings. The predicted octanol–water partition coefficient (Wildman–Crippen LogP) is 3.28. The summed E-state index contributed by atoms with van der Waals surface area (Å²) in [5.74, 6) is 0. The molecule has 0 spiro atoms. The monoisotopic (exact) mass is 240 g/mol. The zero-order valence-electron chi connectivity index (χ0n) is 12.4. The molecule has 2 nitrogen and oxygen atoms in total. The van der Waals surface area contributed by atoms with E-state index in [1.54, 1.807) is 0 Å². The highest BCUT2D eigenvalue weighted by Crippen LogP contribution is 2.42. The zero-order valence-corrected chi connectivity index (χ0v) is 12.4. The Morgan fingerprint density at radius 2 is 1.88 bits per heavy atom. The maximum absolute atomic E-state index is 3.32. The highest BCUT2D eigenvalue weighted by Gasteiger charge is 2.34. The van der Waals surface area contributed by atoms with Crippen LogP contribution in [0.25, 0.3) is 0 Å². The molecule has 1 rings (SSSR count). The highest BCUT2D eigenvalue weighted by atomic mass is 15.1. The van der Waals surface area contributed by atoms with Gasteiger partial charge in [0.1, 0.15) is 0 Å². The van der Waals surface area contributed by atoms with E-state index in [1.807, 2.05) is 0 Å². The minimum Gasteiger partial charge on any atom is -0.320 e. The van der Waals surface area contributed by atoms with Crippen molar-refractivity contribution in [3.05, 3.63) is 0 Å². The van der Waals surface area contributed by atoms with E-state index in [9.17, 15) is 0 Å². The lowest BCUT2D eigenvalue weighted by Crippen LogP contribution is -2.39. The summed E-state index contributed by atoms with van der Waals surface area (Å²) in [7, 11) is 4.38. The van der Waals surface area contributed by atoms with Crippen LogP contribution in [-0.2, 0) is 0 Å². The average molecular weight is 240 g/mol. The summed E-state index contributed by atoms with van der Waals surface area (Å²) < 4.78 is 0. The van der Waals surface area contributed by atoms with Gasteiger partial charge in [0.2, 0.25) is 0 Å². The van der Waals surface area contributed by atoms with Gasteiger partial charge in [-0.05, 0) is 71.1 Å². The number of hydrogen-bond donors (Lipinski definition) is 1. The second-order valence-corrected chi connectivity index (χ2v) is 5.92. The van der Waals surface area contributed by atoms with Crippen LogP contribution >= 0.6 is 0 Å². The minimum absolute atomic E-state index is 0.645. The molecule has 0 unspecified atom stereocenters. The summed E-state index contributed by atoms with van der Waals surface area (Å²) in [6.45, 7) is 7.11. The van der Waals surface area contributed by atoms with Gasteiger partial charge in [0.15, 0.2) is 0 Å². The number of nitrogens with zero attached hydrogens (tertiary/aromatic N) is 1. The van der Waals surface area contributed by atoms with Gasteiger partial charge in [-0.15, -0.1) is 0 Å². The Hall–Kier alpha value is -0.0800. The summed E-state index contributed by atoms with van der Waals surface area (Å²) in [5.41, 5.74) is 0.645. The van der Waals surface area contributed by atoms with E-state index in [0.717, 1.165) is 6.04 Å². The molecule has 1 fully saturated rings. The van der Waals surface area contributed by atoms with Crippen molar-refractivity contribution in [2.45, 2.75) is 64.8 Å². The van der Waals surface area contributed by atoms with Gasteiger partial charge in [-0.1, -0.05) is 20.3 Å². The van der Waals surface area contributed by atoms with E-state index >= 15 is 0 Å². The smallest absolute Gasteiger partial charge is 0.00926 e. The zero-order chi connectivity index (χ0) is 12.7. The van der Waals surface area contributed by atoms with Crippen LogP contribution in [0.5, 0.6) is 0 Å². The Labute approximate surface area is 108 Å². The molecule has 0 saturated heterocycles. The molecule has 0 aliphatic heterocycles. The molecule has 1 aliphatic carbocycles. The molecule has 0 aromatic carbocycles. The molecule has 102 valence electrons. The van der Waals surface area contributed by atoms with E-state index in [-0.39, 0.29) is 0 Å². The van der Waals surface area contributed by atoms with E-state index in [1.165, 1.54) is 58.0 Å². The molecule has 0 heterocycles. The quantitative estimate of drug-likeness (QED) is 0.735. The number of nitrogens with one attached hydrogen (secondary N) is 1. The molecule has 0 bridgehead atoms. The first-order valence-electron chi connectivity index (χ1n) is 7.52. The van der Waals surface area contributed by atoms with Gasteiger partial charge >= 0.3 is 0 Å². The van der Waals surface area contributed by atoms with Gasteiger partial charge in [0, 0.05) is 6.04 Å². The standard InChI is InChI=1S/C15H32N2/c1-5-13-17(4)14-7-9-15(6-2,10-8-14)11-12-16-3/h14,16H,5-13H2,1-4H3. The van der Waals surface area contributed by atoms with Crippen LogP contribution in [0.2, 0.25) is 0 Å². The first-order chi connectivity index (χ1) is 8.17. The molecule has 2 heteroatoms. The summed E-state index contributed by atoms with van der Waals surface area (Å²) >= 11 is 0. The van der Waals surface area contributed by atoms with Crippen molar-refractivity contribution in [3.63, 3.8) is 0 Å².